The predicted octanol–water partition coefficient (Wildman–Crippen LogP) is 11.9. The van der Waals surface area contributed by atoms with Crippen molar-refractivity contribution >= 4 is 5.69 Å². The van der Waals surface area contributed by atoms with E-state index in [0.29, 0.717) is 11.3 Å². The highest BCUT2D eigenvalue weighted by Gasteiger charge is 2.51. The third-order valence-corrected chi connectivity index (χ3v) is 10.8. The summed E-state index contributed by atoms with van der Waals surface area (Å²) in [5.41, 5.74) is 18.7. The van der Waals surface area contributed by atoms with Crippen molar-refractivity contribution in [1.29, 1.82) is 5.26 Å². The molecule has 53 heavy (non-hydrogen) atoms. The van der Waals surface area contributed by atoms with E-state index in [1.807, 2.05) is 12.1 Å². The zero-order valence-electron chi connectivity index (χ0n) is 28.5. The number of rotatable bonds is 4. The summed E-state index contributed by atoms with van der Waals surface area (Å²) in [7, 11) is 0. The Morgan fingerprint density at radius 2 is 0.943 bits per heavy atom. The second kappa shape index (κ2) is 11.8. The summed E-state index contributed by atoms with van der Waals surface area (Å²) in [4.78, 5) is 12.8. The van der Waals surface area contributed by atoms with Gasteiger partial charge in [0.25, 0.3) is 0 Å². The standard InChI is InChI=1S/C49H28N4/c1-51-38-21-23-53-48(29-38)37-11-7-9-33(26-37)35-17-19-42-41-18-16-34(32-8-6-10-36(25-32)47-24-31(30-50)20-22-52-47)27-45(41)49(46(42)28-35)43-14-4-2-12-39(43)40-13-3-5-15-44(40)49/h2-29H. The maximum Gasteiger partial charge on any atom is 0.190 e. The molecule has 4 heteroatoms. The van der Waals surface area contributed by atoms with Crippen molar-refractivity contribution in [3.8, 4) is 73.1 Å². The first-order chi connectivity index (χ1) is 26.1. The second-order valence-corrected chi connectivity index (χ2v) is 13.6. The van der Waals surface area contributed by atoms with E-state index in [1.165, 1.54) is 44.5 Å². The monoisotopic (exact) mass is 672 g/mol. The van der Waals surface area contributed by atoms with E-state index < -0.39 is 5.41 Å². The molecule has 0 unspecified atom stereocenters. The summed E-state index contributed by atoms with van der Waals surface area (Å²) in [6.45, 7) is 7.49. The normalized spacial score (nSPS) is 12.6. The molecule has 2 aliphatic carbocycles. The third-order valence-electron chi connectivity index (χ3n) is 10.8. The van der Waals surface area contributed by atoms with Crippen molar-refractivity contribution in [1.82, 2.24) is 9.97 Å². The van der Waals surface area contributed by atoms with Crippen LogP contribution in [0.15, 0.2) is 170 Å². The van der Waals surface area contributed by atoms with Gasteiger partial charge in [0.15, 0.2) is 5.69 Å². The SMILES string of the molecule is [C-]#[N+]c1ccnc(-c2cccc(-c3ccc4c(c3)C3(c5ccccc5-c5ccccc53)c3cc(-c5cccc(-c6cc(C#N)ccn6)c5)ccc3-4)c2)c1. The molecule has 4 nitrogen and oxygen atoms in total. The maximum atomic E-state index is 9.52. The molecule has 0 aliphatic heterocycles. The molecule has 0 bridgehead atoms. The number of nitriles is 1. The number of nitrogens with zero attached hydrogens (tertiary/aromatic N) is 4. The Hall–Kier alpha value is -7.40. The van der Waals surface area contributed by atoms with Gasteiger partial charge in [-0.05, 0) is 121 Å². The average Bonchev–Trinajstić information content (AvgIpc) is 3.70. The van der Waals surface area contributed by atoms with Crippen LogP contribution in [0.25, 0.3) is 71.9 Å². The van der Waals surface area contributed by atoms with E-state index in [2.05, 4.69) is 154 Å². The zero-order chi connectivity index (χ0) is 35.5. The quantitative estimate of drug-likeness (QED) is 0.175. The molecule has 0 fully saturated rings. The summed E-state index contributed by atoms with van der Waals surface area (Å²) in [6, 6.07) is 57.9. The Morgan fingerprint density at radius 3 is 1.51 bits per heavy atom. The second-order valence-electron chi connectivity index (χ2n) is 13.6. The van der Waals surface area contributed by atoms with Crippen LogP contribution >= 0.6 is 0 Å². The Labute approximate surface area is 307 Å². The first kappa shape index (κ1) is 30.4. The smallest absolute Gasteiger partial charge is 0.190 e. The van der Waals surface area contributed by atoms with Crippen molar-refractivity contribution in [2.24, 2.45) is 0 Å². The van der Waals surface area contributed by atoms with Crippen LogP contribution in [0.3, 0.4) is 0 Å². The van der Waals surface area contributed by atoms with Crippen LogP contribution < -0.4 is 0 Å². The highest BCUT2D eigenvalue weighted by Crippen LogP contribution is 2.63. The van der Waals surface area contributed by atoms with Crippen LogP contribution in [0, 0.1) is 17.9 Å². The van der Waals surface area contributed by atoms with Gasteiger partial charge in [0.1, 0.15) is 0 Å². The molecule has 0 atom stereocenters. The van der Waals surface area contributed by atoms with E-state index in [-0.39, 0.29) is 0 Å². The van der Waals surface area contributed by atoms with E-state index in [4.69, 9.17) is 6.57 Å². The number of benzene rings is 6. The lowest BCUT2D eigenvalue weighted by Crippen LogP contribution is -2.26. The number of hydrogen-bond donors (Lipinski definition) is 0. The third kappa shape index (κ3) is 4.60. The lowest BCUT2D eigenvalue weighted by atomic mass is 9.70. The van der Waals surface area contributed by atoms with Crippen molar-refractivity contribution in [3.05, 3.63) is 209 Å². The molecule has 0 radical (unpaired) electrons. The molecule has 6 aromatic carbocycles. The molecule has 0 amide bonds. The average molecular weight is 673 g/mol. The van der Waals surface area contributed by atoms with Crippen LogP contribution in [-0.4, -0.2) is 9.97 Å². The Balaban J connectivity index is 1.18. The van der Waals surface area contributed by atoms with Gasteiger partial charge in [0.05, 0.1) is 35.0 Å². The van der Waals surface area contributed by atoms with E-state index in [0.717, 1.165) is 44.8 Å². The van der Waals surface area contributed by atoms with Gasteiger partial charge in [0.2, 0.25) is 0 Å². The first-order valence-corrected chi connectivity index (χ1v) is 17.6. The van der Waals surface area contributed by atoms with Gasteiger partial charge in [-0.25, -0.2) is 4.85 Å². The highest BCUT2D eigenvalue weighted by atomic mass is 14.7. The molecule has 2 aromatic heterocycles. The molecule has 2 aliphatic rings. The molecule has 0 N–H and O–H groups in total. The van der Waals surface area contributed by atoms with Crippen molar-refractivity contribution < 1.29 is 0 Å². The summed E-state index contributed by atoms with van der Waals surface area (Å²) < 4.78 is 0. The lowest BCUT2D eigenvalue weighted by Gasteiger charge is -2.31. The van der Waals surface area contributed by atoms with E-state index >= 15 is 0 Å². The lowest BCUT2D eigenvalue weighted by molar-refractivity contribution is 0.794. The van der Waals surface area contributed by atoms with Crippen LogP contribution in [0.2, 0.25) is 0 Å². The van der Waals surface area contributed by atoms with Gasteiger partial charge < -0.3 is 0 Å². The van der Waals surface area contributed by atoms with Gasteiger partial charge in [-0.3, -0.25) is 9.97 Å². The molecule has 1 spiro atoms. The summed E-state index contributed by atoms with van der Waals surface area (Å²) in [6.07, 6.45) is 3.40. The van der Waals surface area contributed by atoms with Gasteiger partial charge in [0, 0.05) is 18.0 Å². The topological polar surface area (TPSA) is 53.9 Å². The molecule has 0 saturated carbocycles. The largest absolute Gasteiger partial charge is 0.259 e. The van der Waals surface area contributed by atoms with Crippen LogP contribution in [0.5, 0.6) is 0 Å². The fourth-order valence-corrected chi connectivity index (χ4v) is 8.52. The van der Waals surface area contributed by atoms with Gasteiger partial charge in [-0.1, -0.05) is 109 Å². The number of fused-ring (bicyclic) bond motifs is 10. The maximum absolute atomic E-state index is 9.52. The molecular weight excluding hydrogens is 645 g/mol. The zero-order valence-corrected chi connectivity index (χ0v) is 28.5. The van der Waals surface area contributed by atoms with Gasteiger partial charge in [-0.2, -0.15) is 5.26 Å². The summed E-state index contributed by atoms with van der Waals surface area (Å²) >= 11 is 0. The Kier molecular flexibility index (Phi) is 6.80. The molecule has 0 saturated heterocycles. The van der Waals surface area contributed by atoms with Crippen LogP contribution in [-0.2, 0) is 5.41 Å². The molecule has 244 valence electrons. The number of pyridine rings is 2. The van der Waals surface area contributed by atoms with Crippen molar-refractivity contribution in [2.75, 3.05) is 0 Å². The molecule has 8 aromatic rings. The minimum Gasteiger partial charge on any atom is -0.259 e. The molecular formula is C49H28N4. The summed E-state index contributed by atoms with van der Waals surface area (Å²) in [5.74, 6) is 0. The van der Waals surface area contributed by atoms with E-state index in [9.17, 15) is 5.26 Å². The minimum atomic E-state index is -0.521. The highest BCUT2D eigenvalue weighted by molar-refractivity contribution is 5.97. The Morgan fingerprint density at radius 1 is 0.453 bits per heavy atom. The minimum absolute atomic E-state index is 0.521. The fraction of sp³-hybridized carbons (Fsp3) is 0.0204. The Bertz CT molecular complexity index is 2690. The number of aromatic nitrogens is 2. The van der Waals surface area contributed by atoms with Gasteiger partial charge in [-0.15, -0.1) is 0 Å². The van der Waals surface area contributed by atoms with Gasteiger partial charge >= 0.3 is 0 Å². The van der Waals surface area contributed by atoms with Crippen LogP contribution in [0.4, 0.5) is 5.69 Å². The molecule has 10 rings (SSSR count). The van der Waals surface area contributed by atoms with Crippen molar-refractivity contribution in [3.63, 3.8) is 0 Å². The fourth-order valence-electron chi connectivity index (χ4n) is 8.52. The first-order valence-electron chi connectivity index (χ1n) is 17.6. The number of hydrogen-bond acceptors (Lipinski definition) is 3. The van der Waals surface area contributed by atoms with E-state index in [1.54, 1.807) is 24.5 Å². The predicted molar refractivity (Wildman–Crippen MR) is 211 cm³/mol. The van der Waals surface area contributed by atoms with Crippen molar-refractivity contribution in [2.45, 2.75) is 5.41 Å². The van der Waals surface area contributed by atoms with Crippen LogP contribution in [0.1, 0.15) is 27.8 Å². The molecule has 2 heterocycles. The summed E-state index contributed by atoms with van der Waals surface area (Å²) in [5, 5.41) is 9.52.